The van der Waals surface area contributed by atoms with Crippen molar-refractivity contribution in [3.8, 4) is 23.0 Å². The zero-order valence-corrected chi connectivity index (χ0v) is 21.0. The highest BCUT2D eigenvalue weighted by Crippen LogP contribution is 2.38. The van der Waals surface area contributed by atoms with Gasteiger partial charge in [0.25, 0.3) is 5.91 Å². The molecular weight excluding hydrogens is 496 g/mol. The van der Waals surface area contributed by atoms with Crippen molar-refractivity contribution in [3.05, 3.63) is 94.5 Å². The lowest BCUT2D eigenvalue weighted by Gasteiger charge is -2.13. The summed E-state index contributed by atoms with van der Waals surface area (Å²) in [7, 11) is 4.40. The van der Waals surface area contributed by atoms with E-state index in [1.165, 1.54) is 39.7 Å². The Morgan fingerprint density at radius 2 is 1.49 bits per heavy atom. The number of hydrogen-bond donors (Lipinski definition) is 1. The van der Waals surface area contributed by atoms with Crippen LogP contribution in [-0.4, -0.2) is 39.4 Å². The van der Waals surface area contributed by atoms with Crippen LogP contribution in [0.1, 0.15) is 26.3 Å². The van der Waals surface area contributed by atoms with Gasteiger partial charge in [-0.15, -0.1) is 0 Å². The first-order valence-corrected chi connectivity index (χ1v) is 11.5. The van der Waals surface area contributed by atoms with Crippen molar-refractivity contribution in [1.29, 1.82) is 0 Å². The number of amides is 1. The highest BCUT2D eigenvalue weighted by atomic mass is 35.5. The van der Waals surface area contributed by atoms with Crippen molar-refractivity contribution in [2.24, 2.45) is 5.10 Å². The molecule has 1 amide bonds. The van der Waals surface area contributed by atoms with Crippen LogP contribution in [0, 0.1) is 0 Å². The van der Waals surface area contributed by atoms with Crippen molar-refractivity contribution < 1.29 is 28.5 Å². The lowest BCUT2D eigenvalue weighted by atomic mass is 10.0. The SMILES string of the molecule is COc1cc(C(=O)N/N=C/c2c(OC(=O)c3ccc(Cl)cc3)ccc3ccccc23)cc(OC)c1OC. The number of benzene rings is 4. The zero-order valence-electron chi connectivity index (χ0n) is 20.3. The molecular formula is C28H23ClN2O6. The predicted octanol–water partition coefficient (Wildman–Crippen LogP) is 5.50. The van der Waals surface area contributed by atoms with E-state index >= 15 is 0 Å². The number of carbonyl (C=O) groups is 2. The number of esters is 1. The Bertz CT molecular complexity index is 1460. The second kappa shape index (κ2) is 11.5. The van der Waals surface area contributed by atoms with E-state index in [0.29, 0.717) is 33.4 Å². The van der Waals surface area contributed by atoms with Gasteiger partial charge in [0.15, 0.2) is 11.5 Å². The van der Waals surface area contributed by atoms with Crippen LogP contribution in [0.5, 0.6) is 23.0 Å². The maximum atomic E-state index is 12.8. The van der Waals surface area contributed by atoms with Gasteiger partial charge in [0.2, 0.25) is 5.75 Å². The summed E-state index contributed by atoms with van der Waals surface area (Å²) in [5.74, 6) is 0.263. The minimum absolute atomic E-state index is 0.249. The largest absolute Gasteiger partial charge is 0.493 e. The quantitative estimate of drug-likeness (QED) is 0.143. The molecule has 0 saturated heterocycles. The van der Waals surface area contributed by atoms with Gasteiger partial charge in [-0.05, 0) is 53.2 Å². The van der Waals surface area contributed by atoms with E-state index in [0.717, 1.165) is 10.8 Å². The molecule has 0 saturated carbocycles. The predicted molar refractivity (Wildman–Crippen MR) is 142 cm³/mol. The average molecular weight is 519 g/mol. The van der Waals surface area contributed by atoms with E-state index < -0.39 is 11.9 Å². The van der Waals surface area contributed by atoms with Crippen LogP contribution in [0.25, 0.3) is 10.8 Å². The molecule has 0 aromatic heterocycles. The Hall–Kier alpha value is -4.56. The van der Waals surface area contributed by atoms with Crippen LogP contribution < -0.4 is 24.4 Å². The zero-order chi connectivity index (χ0) is 26.4. The fourth-order valence-electron chi connectivity index (χ4n) is 3.67. The first-order valence-electron chi connectivity index (χ1n) is 11.1. The van der Waals surface area contributed by atoms with Crippen LogP contribution in [0.3, 0.4) is 0 Å². The number of carbonyl (C=O) groups excluding carboxylic acids is 2. The summed E-state index contributed by atoms with van der Waals surface area (Å²) in [6.45, 7) is 0. The molecule has 0 aliphatic carbocycles. The molecule has 37 heavy (non-hydrogen) atoms. The number of methoxy groups -OCH3 is 3. The number of rotatable bonds is 8. The van der Waals surface area contributed by atoms with Crippen LogP contribution in [0.2, 0.25) is 5.02 Å². The summed E-state index contributed by atoms with van der Waals surface area (Å²) in [4.78, 5) is 25.6. The van der Waals surface area contributed by atoms with Gasteiger partial charge in [0, 0.05) is 16.1 Å². The van der Waals surface area contributed by atoms with Crippen molar-refractivity contribution in [3.63, 3.8) is 0 Å². The molecule has 0 radical (unpaired) electrons. The number of ether oxygens (including phenoxy) is 4. The minimum atomic E-state index is -0.553. The van der Waals surface area contributed by atoms with E-state index in [2.05, 4.69) is 10.5 Å². The highest BCUT2D eigenvalue weighted by molar-refractivity contribution is 6.30. The van der Waals surface area contributed by atoms with Gasteiger partial charge in [-0.2, -0.15) is 5.10 Å². The number of nitrogens with one attached hydrogen (secondary N) is 1. The summed E-state index contributed by atoms with van der Waals surface area (Å²) < 4.78 is 21.6. The Morgan fingerprint density at radius 3 is 2.14 bits per heavy atom. The van der Waals surface area contributed by atoms with E-state index in [4.69, 9.17) is 30.5 Å². The number of fused-ring (bicyclic) bond motifs is 1. The molecule has 0 aliphatic rings. The summed E-state index contributed by atoms with van der Waals surface area (Å²) >= 11 is 5.92. The molecule has 0 heterocycles. The molecule has 188 valence electrons. The average Bonchev–Trinajstić information content (AvgIpc) is 2.93. The molecule has 0 spiro atoms. The lowest BCUT2D eigenvalue weighted by Crippen LogP contribution is -2.18. The lowest BCUT2D eigenvalue weighted by molar-refractivity contribution is 0.0734. The second-order valence-corrected chi connectivity index (χ2v) is 8.14. The van der Waals surface area contributed by atoms with Gasteiger partial charge in [-0.25, -0.2) is 10.2 Å². The third-order valence-electron chi connectivity index (χ3n) is 5.50. The fourth-order valence-corrected chi connectivity index (χ4v) is 3.80. The van der Waals surface area contributed by atoms with Gasteiger partial charge >= 0.3 is 5.97 Å². The number of halogens is 1. The topological polar surface area (TPSA) is 95.5 Å². The van der Waals surface area contributed by atoms with Crippen molar-refractivity contribution in [2.75, 3.05) is 21.3 Å². The summed E-state index contributed by atoms with van der Waals surface area (Å²) in [6, 6.07) is 20.5. The number of hydrogen-bond acceptors (Lipinski definition) is 7. The van der Waals surface area contributed by atoms with Gasteiger partial charge < -0.3 is 18.9 Å². The molecule has 0 aliphatic heterocycles. The molecule has 4 aromatic carbocycles. The Balaban J connectivity index is 1.62. The number of nitrogens with zero attached hydrogens (tertiary/aromatic N) is 1. The van der Waals surface area contributed by atoms with Crippen molar-refractivity contribution in [1.82, 2.24) is 5.43 Å². The van der Waals surface area contributed by atoms with Crippen LogP contribution >= 0.6 is 11.6 Å². The summed E-state index contributed by atoms with van der Waals surface area (Å²) in [5, 5.41) is 6.33. The van der Waals surface area contributed by atoms with Crippen LogP contribution in [-0.2, 0) is 0 Å². The summed E-state index contributed by atoms with van der Waals surface area (Å²) in [6.07, 6.45) is 1.43. The third kappa shape index (κ3) is 5.65. The maximum Gasteiger partial charge on any atom is 0.343 e. The molecule has 0 atom stereocenters. The molecule has 1 N–H and O–H groups in total. The Labute approximate surface area is 218 Å². The van der Waals surface area contributed by atoms with E-state index in [1.54, 1.807) is 30.3 Å². The fraction of sp³-hybridized carbons (Fsp3) is 0.107. The molecule has 8 nitrogen and oxygen atoms in total. The van der Waals surface area contributed by atoms with Gasteiger partial charge in [0.05, 0.1) is 33.1 Å². The second-order valence-electron chi connectivity index (χ2n) is 7.71. The third-order valence-corrected chi connectivity index (χ3v) is 5.75. The summed E-state index contributed by atoms with van der Waals surface area (Å²) in [5.41, 5.74) is 3.61. The van der Waals surface area contributed by atoms with Gasteiger partial charge in [-0.1, -0.05) is 41.9 Å². The molecule has 4 aromatic rings. The molecule has 0 unspecified atom stereocenters. The van der Waals surface area contributed by atoms with Gasteiger partial charge in [-0.3, -0.25) is 4.79 Å². The van der Waals surface area contributed by atoms with E-state index in [1.807, 2.05) is 30.3 Å². The molecule has 4 rings (SSSR count). The van der Waals surface area contributed by atoms with Crippen LogP contribution in [0.15, 0.2) is 77.9 Å². The Morgan fingerprint density at radius 1 is 0.811 bits per heavy atom. The monoisotopic (exact) mass is 518 g/mol. The standard InChI is InChI=1S/C28H23ClN2O6/c1-34-24-14-19(15-25(35-2)26(24)36-3)27(32)31-30-16-22-21-7-5-4-6-17(21)10-13-23(22)37-28(33)18-8-11-20(29)12-9-18/h4-16H,1-3H3,(H,31,32)/b30-16+. The van der Waals surface area contributed by atoms with Crippen molar-refractivity contribution >= 4 is 40.5 Å². The first-order chi connectivity index (χ1) is 17.9. The van der Waals surface area contributed by atoms with Crippen molar-refractivity contribution in [2.45, 2.75) is 0 Å². The van der Waals surface area contributed by atoms with Gasteiger partial charge in [0.1, 0.15) is 5.75 Å². The highest BCUT2D eigenvalue weighted by Gasteiger charge is 2.17. The molecule has 0 fully saturated rings. The smallest absolute Gasteiger partial charge is 0.343 e. The number of hydrazone groups is 1. The minimum Gasteiger partial charge on any atom is -0.493 e. The first kappa shape index (κ1) is 25.5. The maximum absolute atomic E-state index is 12.8. The Kier molecular flexibility index (Phi) is 7.90. The normalized spacial score (nSPS) is 10.8. The van der Waals surface area contributed by atoms with E-state index in [9.17, 15) is 9.59 Å². The molecule has 9 heteroatoms. The van der Waals surface area contributed by atoms with E-state index in [-0.39, 0.29) is 11.3 Å². The molecule has 0 bridgehead atoms. The van der Waals surface area contributed by atoms with Crippen LogP contribution in [0.4, 0.5) is 0 Å².